The first-order chi connectivity index (χ1) is 25.3. The lowest BCUT2D eigenvalue weighted by atomic mass is 9.84. The van der Waals surface area contributed by atoms with Crippen LogP contribution in [-0.2, 0) is 53.4 Å². The van der Waals surface area contributed by atoms with Crippen molar-refractivity contribution in [1.29, 1.82) is 5.41 Å². The fraction of sp³-hybridized carbons (Fsp3) is 0.484. The summed E-state index contributed by atoms with van der Waals surface area (Å²) in [6.07, 6.45) is 0.583. The van der Waals surface area contributed by atoms with E-state index in [1.165, 1.54) is 26.2 Å². The number of amides is 2. The first-order valence-electron chi connectivity index (χ1n) is 16.5. The van der Waals surface area contributed by atoms with E-state index in [-0.39, 0.29) is 29.4 Å². The number of hydroxylamine groups is 2. The lowest BCUT2D eigenvalue weighted by molar-refractivity contribution is -0.218. The number of ether oxygens (including phenoxy) is 1. The number of nitrogens with one attached hydrogen (secondary N) is 2. The SMILES string of the molecule is CC1(C)[C@H](NC(=O)/C(=N\O[C@](C)(C(=O)O)[C@H]2CCc3cc(-c4cn(CCCN)c(=N)n4C[C@H](O)CO)ccc3O2)c2csc(N)n2)C(=O)N1OS(=O)(=O)O. The van der Waals surface area contributed by atoms with Gasteiger partial charge in [0.2, 0.25) is 5.62 Å². The number of nitrogens with zero attached hydrogens (tertiary/aromatic N) is 5. The molecular weight excluding hydrogens is 755 g/mol. The van der Waals surface area contributed by atoms with Crippen molar-refractivity contribution >= 4 is 50.4 Å². The Morgan fingerprint density at radius 1 is 1.33 bits per heavy atom. The van der Waals surface area contributed by atoms with E-state index in [1.54, 1.807) is 27.5 Å². The molecule has 3 aromatic rings. The topological polar surface area (TPSA) is 320 Å². The van der Waals surface area contributed by atoms with Crippen molar-refractivity contribution in [1.82, 2.24) is 24.5 Å². The summed E-state index contributed by atoms with van der Waals surface area (Å²) in [6.45, 7) is 4.28. The Kier molecular flexibility index (Phi) is 11.5. The number of aromatic nitrogens is 3. The van der Waals surface area contributed by atoms with Gasteiger partial charge in [0.05, 0.1) is 30.5 Å². The van der Waals surface area contributed by atoms with Gasteiger partial charge in [-0.05, 0) is 70.3 Å². The van der Waals surface area contributed by atoms with E-state index in [2.05, 4.69) is 19.7 Å². The van der Waals surface area contributed by atoms with Gasteiger partial charge in [-0.15, -0.1) is 15.6 Å². The molecule has 4 heterocycles. The van der Waals surface area contributed by atoms with Gasteiger partial charge in [0, 0.05) is 23.7 Å². The monoisotopic (exact) mass is 795 g/mol. The number of fused-ring (bicyclic) bond motifs is 1. The Bertz CT molecular complexity index is 2130. The molecule has 1 saturated heterocycles. The molecular formula is C31H41N9O12S2. The lowest BCUT2D eigenvalue weighted by Crippen LogP contribution is -2.76. The normalized spacial score (nSPS) is 19.9. The summed E-state index contributed by atoms with van der Waals surface area (Å²) in [6, 6.07) is 3.81. The summed E-state index contributed by atoms with van der Waals surface area (Å²) in [5, 5.41) is 46.7. The minimum absolute atomic E-state index is 0.0338. The van der Waals surface area contributed by atoms with E-state index in [4.69, 9.17) is 31.0 Å². The van der Waals surface area contributed by atoms with Crippen LogP contribution in [0.1, 0.15) is 44.9 Å². The van der Waals surface area contributed by atoms with E-state index >= 15 is 0 Å². The minimum atomic E-state index is -5.05. The number of imidazole rings is 1. The van der Waals surface area contributed by atoms with Crippen LogP contribution in [0.3, 0.4) is 0 Å². The largest absolute Gasteiger partial charge is 0.485 e. The molecule has 23 heteroatoms. The van der Waals surface area contributed by atoms with Crippen LogP contribution >= 0.6 is 11.3 Å². The van der Waals surface area contributed by atoms with Gasteiger partial charge in [-0.3, -0.25) is 19.6 Å². The van der Waals surface area contributed by atoms with Crippen molar-refractivity contribution < 1.29 is 56.5 Å². The molecule has 4 atom stereocenters. The number of carbonyl (C=O) groups excluding carboxylic acids is 2. The number of aliphatic hydroxyl groups excluding tert-OH is 2. The maximum absolute atomic E-state index is 13.5. The van der Waals surface area contributed by atoms with Crippen LogP contribution in [0.4, 0.5) is 5.13 Å². The highest BCUT2D eigenvalue weighted by Gasteiger charge is 2.58. The van der Waals surface area contributed by atoms with E-state index in [1.807, 2.05) is 6.07 Å². The summed E-state index contributed by atoms with van der Waals surface area (Å²) in [7, 11) is -5.05. The molecule has 2 aliphatic heterocycles. The van der Waals surface area contributed by atoms with Crippen LogP contribution in [0.5, 0.6) is 5.75 Å². The molecule has 2 amide bonds. The van der Waals surface area contributed by atoms with Gasteiger partial charge in [0.1, 0.15) is 17.5 Å². The van der Waals surface area contributed by atoms with Crippen molar-refractivity contribution in [2.75, 3.05) is 18.9 Å². The molecule has 0 unspecified atom stereocenters. The van der Waals surface area contributed by atoms with Crippen LogP contribution in [0.2, 0.25) is 0 Å². The average Bonchev–Trinajstić information content (AvgIpc) is 3.69. The van der Waals surface area contributed by atoms with Gasteiger partial charge in [0.25, 0.3) is 17.4 Å². The number of rotatable bonds is 16. The Balaban J connectivity index is 1.39. The highest BCUT2D eigenvalue weighted by atomic mass is 32.3. The molecule has 5 rings (SSSR count). The lowest BCUT2D eigenvalue weighted by Gasteiger charge is -2.50. The Morgan fingerprint density at radius 2 is 2.06 bits per heavy atom. The summed E-state index contributed by atoms with van der Waals surface area (Å²) >= 11 is 0.943. The Hall–Kier alpha value is -4.91. The summed E-state index contributed by atoms with van der Waals surface area (Å²) in [5.41, 5.74) is 9.23. The number of β-lactam (4-membered cyclic amide) rings is 1. The molecule has 294 valence electrons. The van der Waals surface area contributed by atoms with Crippen molar-refractivity contribution in [2.45, 2.75) is 82.5 Å². The molecule has 10 N–H and O–H groups in total. The first-order valence-corrected chi connectivity index (χ1v) is 18.7. The molecule has 0 spiro atoms. The number of hydrogen-bond donors (Lipinski definition) is 8. The maximum Gasteiger partial charge on any atom is 0.418 e. The van der Waals surface area contributed by atoms with Gasteiger partial charge >= 0.3 is 16.4 Å². The molecule has 0 radical (unpaired) electrons. The standard InChI is InChI=1S/C31H41N9O12S2/c1-30(2)24(26(44)40(30)52-54(47,48)49)36-25(43)23(19-15-53-28(33)35-19)37-51-31(3,27(45)46)22-8-6-17-11-16(5-7-21(17)50-22)20-13-38(10-4-9-32)29(34)39(20)12-18(42)14-41/h5,7,11,13,15,18,22,24,34,41-42H,4,6,8-10,12,14,32H2,1-3H3,(H2,33,35)(H,36,43)(H,45,46)(H,47,48,49)/b34-29?,37-23-/t18-,22+,24+,31-/m0/s1. The molecule has 0 bridgehead atoms. The quantitative estimate of drug-likeness (QED) is 0.0372. The van der Waals surface area contributed by atoms with E-state index < -0.39 is 69.9 Å². The number of oxime groups is 1. The predicted octanol–water partition coefficient (Wildman–Crippen LogP) is -1.03. The van der Waals surface area contributed by atoms with Crippen LogP contribution in [-0.4, -0.2) is 114 Å². The molecule has 0 saturated carbocycles. The van der Waals surface area contributed by atoms with Gasteiger partial charge < -0.3 is 50.8 Å². The van der Waals surface area contributed by atoms with Gasteiger partial charge in [-0.2, -0.15) is 13.5 Å². The van der Waals surface area contributed by atoms with Gasteiger partial charge in [-0.1, -0.05) is 5.16 Å². The van der Waals surface area contributed by atoms with Crippen LogP contribution in [0.25, 0.3) is 11.3 Å². The highest BCUT2D eigenvalue weighted by molar-refractivity contribution is 7.80. The fourth-order valence-corrected chi connectivity index (χ4v) is 7.00. The second-order valence-corrected chi connectivity index (χ2v) is 15.2. The van der Waals surface area contributed by atoms with E-state index in [9.17, 15) is 38.1 Å². The third-order valence-electron chi connectivity index (χ3n) is 9.07. The van der Waals surface area contributed by atoms with E-state index in [0.29, 0.717) is 53.6 Å². The zero-order valence-corrected chi connectivity index (χ0v) is 31.0. The van der Waals surface area contributed by atoms with Crippen LogP contribution in [0, 0.1) is 5.41 Å². The number of aliphatic hydroxyl groups is 2. The third kappa shape index (κ3) is 8.11. The van der Waals surface area contributed by atoms with Crippen molar-refractivity contribution in [3.63, 3.8) is 0 Å². The molecule has 21 nitrogen and oxygen atoms in total. The first kappa shape index (κ1) is 40.3. The average molecular weight is 796 g/mol. The summed E-state index contributed by atoms with van der Waals surface area (Å²) in [5.74, 6) is -3.20. The number of nitrogen functional groups attached to an aromatic ring is 1. The van der Waals surface area contributed by atoms with Crippen molar-refractivity contribution in [3.05, 3.63) is 46.7 Å². The Morgan fingerprint density at radius 3 is 2.65 bits per heavy atom. The molecule has 54 heavy (non-hydrogen) atoms. The van der Waals surface area contributed by atoms with Gasteiger partial charge in [-0.25, -0.2) is 9.78 Å². The smallest absolute Gasteiger partial charge is 0.418 e. The third-order valence-corrected chi connectivity index (χ3v) is 10.1. The number of anilines is 1. The number of nitrogens with two attached hydrogens (primary N) is 2. The molecule has 2 aromatic heterocycles. The minimum Gasteiger partial charge on any atom is -0.485 e. The summed E-state index contributed by atoms with van der Waals surface area (Å²) in [4.78, 5) is 48.6. The highest BCUT2D eigenvalue weighted by Crippen LogP contribution is 2.37. The summed E-state index contributed by atoms with van der Waals surface area (Å²) < 4.78 is 45.2. The second-order valence-electron chi connectivity index (χ2n) is 13.3. The number of hydrogen-bond acceptors (Lipinski definition) is 16. The number of carboxylic acids is 1. The van der Waals surface area contributed by atoms with Gasteiger partial charge in [0.15, 0.2) is 16.9 Å². The van der Waals surface area contributed by atoms with Crippen molar-refractivity contribution in [2.24, 2.45) is 10.9 Å². The maximum atomic E-state index is 13.5. The zero-order valence-electron chi connectivity index (χ0n) is 29.3. The zero-order chi connectivity index (χ0) is 39.7. The number of carboxylic acid groups (broad SMARTS) is 1. The number of carbonyl (C=O) groups is 3. The van der Waals surface area contributed by atoms with Crippen LogP contribution < -0.4 is 27.1 Å². The number of benzene rings is 1. The molecule has 1 fully saturated rings. The number of thiazole rings is 1. The predicted molar refractivity (Wildman–Crippen MR) is 189 cm³/mol. The fourth-order valence-electron chi connectivity index (χ4n) is 6.00. The van der Waals surface area contributed by atoms with Crippen molar-refractivity contribution in [3.8, 4) is 17.0 Å². The molecule has 0 aliphatic carbocycles. The molecule has 2 aliphatic rings. The number of aliphatic carboxylic acids is 1. The second kappa shape index (κ2) is 15.4. The van der Waals surface area contributed by atoms with Crippen LogP contribution in [0.15, 0.2) is 34.9 Å². The molecule has 1 aromatic carbocycles. The Labute approximate surface area is 312 Å². The van der Waals surface area contributed by atoms with E-state index in [0.717, 1.165) is 11.3 Å². The number of aryl methyl sites for hydroxylation is 2.